The minimum atomic E-state index is -1.06. The molecule has 2 atom stereocenters. The van der Waals surface area contributed by atoms with E-state index in [1.165, 1.54) is 6.26 Å². The molecule has 0 radical (unpaired) electrons. The molecule has 0 aliphatic carbocycles. The van der Waals surface area contributed by atoms with Crippen molar-refractivity contribution in [1.82, 2.24) is 0 Å². The van der Waals surface area contributed by atoms with Crippen molar-refractivity contribution in [2.24, 2.45) is 5.73 Å². The van der Waals surface area contributed by atoms with E-state index in [1.807, 2.05) is 6.92 Å². The summed E-state index contributed by atoms with van der Waals surface area (Å²) in [5, 5.41) is 0. The zero-order valence-electron chi connectivity index (χ0n) is 9.43. The van der Waals surface area contributed by atoms with Crippen molar-refractivity contribution >= 4 is 23.2 Å². The molecule has 0 bridgehead atoms. The molecule has 2 N–H and O–H groups in total. The normalized spacial score (nSPS) is 13.9. The van der Waals surface area contributed by atoms with Crippen molar-refractivity contribution < 1.29 is 23.6 Å². The van der Waals surface area contributed by atoms with Crippen LogP contribution in [0.3, 0.4) is 0 Å². The number of rotatable bonds is 7. The predicted octanol–water partition coefficient (Wildman–Crippen LogP) is 0.172. The Hall–Kier alpha value is -0.950. The van der Waals surface area contributed by atoms with Crippen molar-refractivity contribution in [3.8, 4) is 0 Å². The topological polar surface area (TPSA) is 102 Å². The first-order valence-corrected chi connectivity index (χ1v) is 6.62. The fraction of sp³-hybridized carbons (Fsp3) is 0.778. The maximum Gasteiger partial charge on any atom is 0.405 e. The summed E-state index contributed by atoms with van der Waals surface area (Å²) in [6.45, 7) is 2.10. The zero-order chi connectivity index (χ0) is 12.6. The second kappa shape index (κ2) is 8.23. The van der Waals surface area contributed by atoms with Crippen molar-refractivity contribution in [2.45, 2.75) is 25.9 Å². The van der Waals surface area contributed by atoms with Crippen molar-refractivity contribution in [3.63, 3.8) is 0 Å². The summed E-state index contributed by atoms with van der Waals surface area (Å²) in [4.78, 5) is 21.9. The smallest absolute Gasteiger partial charge is 0.405 e. The molecule has 16 heavy (non-hydrogen) atoms. The van der Waals surface area contributed by atoms with Gasteiger partial charge in [-0.05, 0) is 6.42 Å². The quantitative estimate of drug-likeness (QED) is 0.513. The molecular weight excluding hydrogens is 234 g/mol. The number of hydrogen-bond donors (Lipinski definition) is 1. The van der Waals surface area contributed by atoms with E-state index in [4.69, 9.17) is 10.5 Å². The van der Waals surface area contributed by atoms with Crippen LogP contribution >= 0.6 is 0 Å². The van der Waals surface area contributed by atoms with Crippen LogP contribution in [-0.4, -0.2) is 41.3 Å². The van der Waals surface area contributed by atoms with Crippen LogP contribution in [0.5, 0.6) is 0 Å². The Morgan fingerprint density at radius 1 is 1.50 bits per heavy atom. The largest absolute Gasteiger partial charge is 0.617 e. The third-order valence-corrected chi connectivity index (χ3v) is 2.45. The van der Waals surface area contributed by atoms with E-state index < -0.39 is 29.3 Å². The SMILES string of the molecule is CCCOC(=O)C(CC[S+](C)[O-])OC(N)=O. The van der Waals surface area contributed by atoms with Crippen LogP contribution in [0.4, 0.5) is 4.79 Å². The zero-order valence-corrected chi connectivity index (χ0v) is 10.2. The first-order chi connectivity index (χ1) is 7.47. The molecule has 0 rings (SSSR count). The fourth-order valence-corrected chi connectivity index (χ4v) is 1.48. The highest BCUT2D eigenvalue weighted by Crippen LogP contribution is 2.04. The lowest BCUT2D eigenvalue weighted by Crippen LogP contribution is -2.33. The Morgan fingerprint density at radius 2 is 2.12 bits per heavy atom. The molecule has 0 saturated heterocycles. The third kappa shape index (κ3) is 7.36. The Morgan fingerprint density at radius 3 is 2.56 bits per heavy atom. The predicted molar refractivity (Wildman–Crippen MR) is 59.3 cm³/mol. The molecule has 6 nitrogen and oxygen atoms in total. The van der Waals surface area contributed by atoms with Crippen LogP contribution in [0.2, 0.25) is 0 Å². The molecule has 0 aliphatic heterocycles. The van der Waals surface area contributed by atoms with Crippen LogP contribution in [0, 0.1) is 0 Å². The highest BCUT2D eigenvalue weighted by atomic mass is 32.2. The Labute approximate surface area is 97.6 Å². The molecule has 0 fully saturated rings. The molecule has 0 aliphatic rings. The summed E-state index contributed by atoms with van der Waals surface area (Å²) >= 11 is -1.06. The second-order valence-electron chi connectivity index (χ2n) is 3.16. The van der Waals surface area contributed by atoms with Gasteiger partial charge in [0.05, 0.1) is 12.9 Å². The lowest BCUT2D eigenvalue weighted by molar-refractivity contribution is -0.153. The van der Waals surface area contributed by atoms with E-state index in [0.29, 0.717) is 6.42 Å². The van der Waals surface area contributed by atoms with Gasteiger partial charge in [-0.1, -0.05) is 18.1 Å². The molecule has 0 spiro atoms. The van der Waals surface area contributed by atoms with Crippen molar-refractivity contribution in [2.75, 3.05) is 18.6 Å². The molecule has 0 heterocycles. The van der Waals surface area contributed by atoms with E-state index in [-0.39, 0.29) is 18.8 Å². The molecule has 2 unspecified atom stereocenters. The average molecular weight is 251 g/mol. The van der Waals surface area contributed by atoms with Gasteiger partial charge in [-0.2, -0.15) is 0 Å². The molecule has 7 heteroatoms. The number of esters is 1. The first-order valence-electron chi connectivity index (χ1n) is 4.90. The van der Waals surface area contributed by atoms with Gasteiger partial charge in [0.1, 0.15) is 5.75 Å². The standard InChI is InChI=1S/C9H17NO5S/c1-3-5-14-8(11)7(15-9(10)12)4-6-16(2)13/h7H,3-6H2,1-2H3,(H2,10,12). The number of hydrogen-bond acceptors (Lipinski definition) is 5. The molecule has 94 valence electrons. The maximum absolute atomic E-state index is 11.4. The lowest BCUT2D eigenvalue weighted by atomic mass is 10.3. The van der Waals surface area contributed by atoms with Crippen LogP contribution in [0.25, 0.3) is 0 Å². The summed E-state index contributed by atoms with van der Waals surface area (Å²) in [6, 6.07) is 0. The van der Waals surface area contributed by atoms with Gasteiger partial charge in [0.25, 0.3) is 0 Å². The Kier molecular flexibility index (Phi) is 7.74. The summed E-state index contributed by atoms with van der Waals surface area (Å²) in [5.41, 5.74) is 4.82. The number of ether oxygens (including phenoxy) is 2. The minimum absolute atomic E-state index is 0.147. The molecule has 0 aromatic heterocycles. The molecule has 0 aromatic rings. The van der Waals surface area contributed by atoms with Gasteiger partial charge in [0, 0.05) is 6.42 Å². The van der Waals surface area contributed by atoms with Gasteiger partial charge in [0.15, 0.2) is 0 Å². The van der Waals surface area contributed by atoms with Gasteiger partial charge >= 0.3 is 12.1 Å². The molecular formula is C9H17NO5S. The molecule has 0 aromatic carbocycles. The highest BCUT2D eigenvalue weighted by molar-refractivity contribution is 7.90. The minimum Gasteiger partial charge on any atom is -0.617 e. The van der Waals surface area contributed by atoms with Crippen molar-refractivity contribution in [3.05, 3.63) is 0 Å². The van der Waals surface area contributed by atoms with Crippen LogP contribution < -0.4 is 5.73 Å². The second-order valence-corrected chi connectivity index (χ2v) is 4.71. The van der Waals surface area contributed by atoms with E-state index in [1.54, 1.807) is 0 Å². The summed E-state index contributed by atoms with van der Waals surface area (Å²) < 4.78 is 20.3. The van der Waals surface area contributed by atoms with Crippen LogP contribution in [-0.2, 0) is 25.4 Å². The molecule has 0 saturated carbocycles. The summed E-state index contributed by atoms with van der Waals surface area (Å²) in [5.74, 6) is -0.398. The van der Waals surface area contributed by atoms with Gasteiger partial charge in [-0.3, -0.25) is 0 Å². The van der Waals surface area contributed by atoms with Gasteiger partial charge in [-0.15, -0.1) is 0 Å². The fourth-order valence-electron chi connectivity index (χ4n) is 0.934. The Bertz CT molecular complexity index is 234. The van der Waals surface area contributed by atoms with E-state index in [0.717, 1.165) is 0 Å². The van der Waals surface area contributed by atoms with E-state index in [9.17, 15) is 14.1 Å². The number of carbonyl (C=O) groups excluding carboxylic acids is 2. The van der Waals surface area contributed by atoms with Gasteiger partial charge in [0.2, 0.25) is 6.10 Å². The summed E-state index contributed by atoms with van der Waals surface area (Å²) in [7, 11) is 0. The number of primary amides is 1. The number of nitrogens with two attached hydrogens (primary N) is 1. The number of carbonyl (C=O) groups is 2. The maximum atomic E-state index is 11.4. The highest BCUT2D eigenvalue weighted by Gasteiger charge is 2.24. The van der Waals surface area contributed by atoms with Gasteiger partial charge in [-0.25, -0.2) is 9.59 Å². The first kappa shape index (κ1) is 15.0. The van der Waals surface area contributed by atoms with Crippen LogP contribution in [0.15, 0.2) is 0 Å². The van der Waals surface area contributed by atoms with E-state index >= 15 is 0 Å². The number of amides is 1. The lowest BCUT2D eigenvalue weighted by Gasteiger charge is -2.15. The van der Waals surface area contributed by atoms with Crippen LogP contribution in [0.1, 0.15) is 19.8 Å². The summed E-state index contributed by atoms with van der Waals surface area (Å²) in [6.07, 6.45) is 0.218. The Balaban J connectivity index is 4.17. The monoisotopic (exact) mass is 251 g/mol. The third-order valence-electron chi connectivity index (χ3n) is 1.64. The van der Waals surface area contributed by atoms with E-state index in [2.05, 4.69) is 4.74 Å². The van der Waals surface area contributed by atoms with Gasteiger partial charge < -0.3 is 19.8 Å². The van der Waals surface area contributed by atoms with Crippen molar-refractivity contribution in [1.29, 1.82) is 0 Å². The molecule has 1 amide bonds. The average Bonchev–Trinajstić information content (AvgIpc) is 2.19.